The van der Waals surface area contributed by atoms with Crippen molar-refractivity contribution in [3.8, 4) is 11.5 Å². The Morgan fingerprint density at radius 2 is 1.66 bits per heavy atom. The highest BCUT2D eigenvalue weighted by molar-refractivity contribution is 6.01. The number of rotatable bonds is 5. The van der Waals surface area contributed by atoms with E-state index < -0.39 is 17.7 Å². The van der Waals surface area contributed by atoms with Gasteiger partial charge in [-0.3, -0.25) is 4.79 Å². The Balaban J connectivity index is 1.43. The molecule has 4 aromatic carbocycles. The van der Waals surface area contributed by atoms with E-state index >= 15 is 0 Å². The van der Waals surface area contributed by atoms with Crippen molar-refractivity contribution in [3.63, 3.8) is 0 Å². The fourth-order valence-corrected chi connectivity index (χ4v) is 3.08. The lowest BCUT2D eigenvalue weighted by Gasteiger charge is -2.06. The Hall–Kier alpha value is -4.52. The van der Waals surface area contributed by atoms with Crippen LogP contribution in [0, 0.1) is 5.82 Å². The van der Waals surface area contributed by atoms with Crippen LogP contribution < -0.4 is 10.2 Å². The van der Waals surface area contributed by atoms with Crippen molar-refractivity contribution in [2.75, 3.05) is 0 Å². The SMILES string of the molecule is O=C(Oc1cccc(/C=N\NC(=O)c2cc3ccccc3cc2O)c1)c1cccc(F)c1. The van der Waals surface area contributed by atoms with Crippen molar-refractivity contribution < 1.29 is 23.8 Å². The third kappa shape index (κ3) is 4.79. The molecule has 0 aliphatic heterocycles. The predicted molar refractivity (Wildman–Crippen MR) is 118 cm³/mol. The standard InChI is InChI=1S/C25H17FN2O4/c26-20-9-4-8-19(12-20)25(31)32-21-10-3-5-16(11-21)15-27-28-24(30)22-13-17-6-1-2-7-18(17)14-23(22)29/h1-15,29H,(H,28,30)/b27-15-. The molecule has 0 saturated heterocycles. The van der Waals surface area contributed by atoms with Crippen molar-refractivity contribution >= 4 is 28.9 Å². The molecule has 6 nitrogen and oxygen atoms in total. The molecule has 0 heterocycles. The summed E-state index contributed by atoms with van der Waals surface area (Å²) in [6.07, 6.45) is 1.37. The number of phenols is 1. The molecule has 0 atom stereocenters. The van der Waals surface area contributed by atoms with Crippen LogP contribution in [0.25, 0.3) is 10.8 Å². The number of benzene rings is 4. The number of phenolic OH excluding ortho intramolecular Hbond substituents is 1. The third-order valence-corrected chi connectivity index (χ3v) is 4.62. The van der Waals surface area contributed by atoms with E-state index in [-0.39, 0.29) is 22.6 Å². The molecule has 0 unspecified atom stereocenters. The number of ether oxygens (including phenoxy) is 1. The smallest absolute Gasteiger partial charge is 0.343 e. The summed E-state index contributed by atoms with van der Waals surface area (Å²) in [4.78, 5) is 24.6. The molecule has 0 saturated carbocycles. The molecular weight excluding hydrogens is 411 g/mol. The molecule has 0 fully saturated rings. The number of carbonyl (C=O) groups is 2. The van der Waals surface area contributed by atoms with E-state index in [9.17, 15) is 19.1 Å². The fourth-order valence-electron chi connectivity index (χ4n) is 3.08. The van der Waals surface area contributed by atoms with Gasteiger partial charge in [0, 0.05) is 0 Å². The van der Waals surface area contributed by atoms with Gasteiger partial charge in [0.25, 0.3) is 5.91 Å². The van der Waals surface area contributed by atoms with Gasteiger partial charge < -0.3 is 9.84 Å². The Bertz CT molecular complexity index is 1350. The lowest BCUT2D eigenvalue weighted by molar-refractivity contribution is 0.0734. The van der Waals surface area contributed by atoms with E-state index in [1.807, 2.05) is 24.3 Å². The van der Waals surface area contributed by atoms with E-state index in [0.717, 1.165) is 16.8 Å². The molecule has 158 valence electrons. The second-order valence-corrected chi connectivity index (χ2v) is 6.89. The summed E-state index contributed by atoms with van der Waals surface area (Å²) in [5.74, 6) is -1.71. The zero-order chi connectivity index (χ0) is 22.5. The number of aromatic hydroxyl groups is 1. The number of hydrazone groups is 1. The normalized spacial score (nSPS) is 10.9. The van der Waals surface area contributed by atoms with Crippen LogP contribution in [0.4, 0.5) is 4.39 Å². The minimum Gasteiger partial charge on any atom is -0.507 e. The van der Waals surface area contributed by atoms with Gasteiger partial charge in [-0.05, 0) is 58.8 Å². The molecule has 4 aromatic rings. The van der Waals surface area contributed by atoms with Crippen molar-refractivity contribution in [1.82, 2.24) is 5.43 Å². The maximum Gasteiger partial charge on any atom is 0.343 e. The van der Waals surface area contributed by atoms with E-state index in [1.54, 1.807) is 30.3 Å². The summed E-state index contributed by atoms with van der Waals surface area (Å²) >= 11 is 0. The Morgan fingerprint density at radius 3 is 2.44 bits per heavy atom. The van der Waals surface area contributed by atoms with E-state index in [4.69, 9.17) is 4.74 Å². The number of nitrogens with zero attached hydrogens (tertiary/aromatic N) is 1. The number of hydrogen-bond acceptors (Lipinski definition) is 5. The summed E-state index contributed by atoms with van der Waals surface area (Å²) in [6, 6.07) is 22.1. The lowest BCUT2D eigenvalue weighted by atomic mass is 10.1. The molecule has 4 rings (SSSR count). The third-order valence-electron chi connectivity index (χ3n) is 4.62. The molecule has 2 N–H and O–H groups in total. The number of esters is 1. The summed E-state index contributed by atoms with van der Waals surface area (Å²) < 4.78 is 18.5. The fraction of sp³-hybridized carbons (Fsp3) is 0. The first kappa shape index (κ1) is 20.7. The molecule has 0 spiro atoms. The van der Waals surface area contributed by atoms with Gasteiger partial charge in [-0.2, -0.15) is 5.10 Å². The Morgan fingerprint density at radius 1 is 0.906 bits per heavy atom. The maximum absolute atomic E-state index is 13.3. The molecule has 7 heteroatoms. The van der Waals surface area contributed by atoms with Crippen LogP contribution in [0.1, 0.15) is 26.3 Å². The maximum atomic E-state index is 13.3. The molecule has 0 aliphatic carbocycles. The summed E-state index contributed by atoms with van der Waals surface area (Å²) in [7, 11) is 0. The molecule has 0 aromatic heterocycles. The second-order valence-electron chi connectivity index (χ2n) is 6.89. The monoisotopic (exact) mass is 428 g/mol. The minimum absolute atomic E-state index is 0.0894. The van der Waals surface area contributed by atoms with Crippen LogP contribution in [-0.2, 0) is 0 Å². The van der Waals surface area contributed by atoms with Crippen LogP contribution in [0.5, 0.6) is 11.5 Å². The second kappa shape index (κ2) is 9.09. The first-order valence-corrected chi connectivity index (χ1v) is 9.62. The summed E-state index contributed by atoms with van der Waals surface area (Å²) in [5, 5.41) is 15.7. The van der Waals surface area contributed by atoms with Gasteiger partial charge >= 0.3 is 5.97 Å². The molecule has 0 bridgehead atoms. The number of halogens is 1. The number of carbonyl (C=O) groups excluding carboxylic acids is 2. The summed E-state index contributed by atoms with van der Waals surface area (Å²) in [5.41, 5.74) is 3.11. The largest absolute Gasteiger partial charge is 0.507 e. The highest BCUT2D eigenvalue weighted by atomic mass is 19.1. The molecule has 1 amide bonds. The van der Waals surface area contributed by atoms with Crippen LogP contribution >= 0.6 is 0 Å². The quantitative estimate of drug-likeness (QED) is 0.209. The number of nitrogens with one attached hydrogen (secondary N) is 1. The first-order chi connectivity index (χ1) is 15.5. The zero-order valence-corrected chi connectivity index (χ0v) is 16.7. The lowest BCUT2D eigenvalue weighted by Crippen LogP contribution is -2.17. The average molecular weight is 428 g/mol. The average Bonchev–Trinajstić information content (AvgIpc) is 2.79. The van der Waals surface area contributed by atoms with Gasteiger partial charge in [0.1, 0.15) is 17.3 Å². The van der Waals surface area contributed by atoms with Gasteiger partial charge in [-0.15, -0.1) is 0 Å². The van der Waals surface area contributed by atoms with Crippen LogP contribution in [0.2, 0.25) is 0 Å². The molecule has 32 heavy (non-hydrogen) atoms. The molecule has 0 aliphatic rings. The Labute approximate surface area is 182 Å². The predicted octanol–water partition coefficient (Wildman–Crippen LogP) is 4.67. The zero-order valence-electron chi connectivity index (χ0n) is 16.7. The van der Waals surface area contributed by atoms with Gasteiger partial charge in [-0.25, -0.2) is 14.6 Å². The van der Waals surface area contributed by atoms with Gasteiger partial charge in [0.15, 0.2) is 0 Å². The van der Waals surface area contributed by atoms with Crippen LogP contribution in [-0.4, -0.2) is 23.2 Å². The van der Waals surface area contributed by atoms with Crippen molar-refractivity contribution in [2.24, 2.45) is 5.10 Å². The van der Waals surface area contributed by atoms with Crippen molar-refractivity contribution in [1.29, 1.82) is 0 Å². The first-order valence-electron chi connectivity index (χ1n) is 9.62. The molecular formula is C25H17FN2O4. The topological polar surface area (TPSA) is 88.0 Å². The minimum atomic E-state index is -0.696. The van der Waals surface area contributed by atoms with Crippen molar-refractivity contribution in [2.45, 2.75) is 0 Å². The van der Waals surface area contributed by atoms with E-state index in [1.165, 1.54) is 30.5 Å². The number of fused-ring (bicyclic) bond motifs is 1. The Kier molecular flexibility index (Phi) is 5.89. The van der Waals surface area contributed by atoms with E-state index in [0.29, 0.717) is 5.56 Å². The van der Waals surface area contributed by atoms with Crippen LogP contribution in [0.15, 0.2) is 90.0 Å². The van der Waals surface area contributed by atoms with Gasteiger partial charge in [-0.1, -0.05) is 42.5 Å². The number of amides is 1. The number of hydrogen-bond donors (Lipinski definition) is 2. The van der Waals surface area contributed by atoms with E-state index in [2.05, 4.69) is 10.5 Å². The highest BCUT2D eigenvalue weighted by Crippen LogP contribution is 2.24. The van der Waals surface area contributed by atoms with Gasteiger partial charge in [0.05, 0.1) is 17.3 Å². The highest BCUT2D eigenvalue weighted by Gasteiger charge is 2.12. The van der Waals surface area contributed by atoms with Crippen LogP contribution in [0.3, 0.4) is 0 Å². The molecule has 0 radical (unpaired) electrons. The van der Waals surface area contributed by atoms with Gasteiger partial charge in [0.2, 0.25) is 0 Å². The summed E-state index contributed by atoms with van der Waals surface area (Å²) in [6.45, 7) is 0. The van der Waals surface area contributed by atoms with Crippen molar-refractivity contribution in [3.05, 3.63) is 107 Å².